The Kier molecular flexibility index (Phi) is 7.61. The van der Waals surface area contributed by atoms with E-state index in [-0.39, 0.29) is 11.6 Å². The van der Waals surface area contributed by atoms with Crippen LogP contribution in [0.3, 0.4) is 0 Å². The largest absolute Gasteiger partial charge is 0.476 e. The van der Waals surface area contributed by atoms with Gasteiger partial charge in [0.05, 0.1) is 16.4 Å². The average molecular weight is 621 g/mol. The van der Waals surface area contributed by atoms with Gasteiger partial charge in [-0.25, -0.2) is 14.8 Å². The number of carboxylic acid groups (broad SMARTS) is 1. The quantitative estimate of drug-likeness (QED) is 0.197. The Morgan fingerprint density at radius 3 is 2.78 bits per heavy atom. The number of hydrogen-bond donors (Lipinski definition) is 2. The van der Waals surface area contributed by atoms with Crippen LogP contribution in [-0.4, -0.2) is 43.3 Å². The van der Waals surface area contributed by atoms with Crippen molar-refractivity contribution in [1.29, 1.82) is 0 Å². The van der Waals surface area contributed by atoms with Gasteiger partial charge in [-0.1, -0.05) is 55.9 Å². The third-order valence-corrected chi connectivity index (χ3v) is 10.1. The zero-order valence-electron chi connectivity index (χ0n) is 25.5. The highest BCUT2D eigenvalue weighted by atomic mass is 32.1. The Morgan fingerprint density at radius 1 is 1.09 bits per heavy atom. The second-order valence-electron chi connectivity index (χ2n) is 13.0. The molecule has 9 nitrogen and oxygen atoms in total. The first-order chi connectivity index (χ1) is 21.7. The summed E-state index contributed by atoms with van der Waals surface area (Å²) in [7, 11) is 0. The number of carbonyl (C=O) groups excluding carboxylic acids is 1. The summed E-state index contributed by atoms with van der Waals surface area (Å²) in [4.78, 5) is 37.1. The maximum Gasteiger partial charge on any atom is 0.355 e. The Balaban J connectivity index is 1.11. The van der Waals surface area contributed by atoms with Crippen molar-refractivity contribution in [2.75, 3.05) is 16.8 Å². The topological polar surface area (TPSA) is 113 Å². The molecule has 7 rings (SSSR count). The number of para-hydroxylation sites is 1. The molecule has 1 aliphatic carbocycles. The van der Waals surface area contributed by atoms with Crippen LogP contribution in [0.25, 0.3) is 21.3 Å². The highest BCUT2D eigenvalue weighted by Gasteiger charge is 2.29. The lowest BCUT2D eigenvalue weighted by Gasteiger charge is -2.35. The number of anilines is 2. The Hall–Kier alpha value is -4.57. The van der Waals surface area contributed by atoms with Crippen LogP contribution in [0, 0.1) is 11.3 Å². The number of aromatic nitrogens is 4. The van der Waals surface area contributed by atoms with Crippen molar-refractivity contribution in [3.63, 3.8) is 0 Å². The summed E-state index contributed by atoms with van der Waals surface area (Å²) >= 11 is 1.44. The molecule has 1 saturated carbocycles. The molecular weight excluding hydrogens is 584 g/mol. The van der Waals surface area contributed by atoms with E-state index in [0.717, 1.165) is 33.5 Å². The van der Waals surface area contributed by atoms with Crippen LogP contribution < -0.4 is 10.2 Å². The Bertz CT molecular complexity index is 1880. The average Bonchev–Trinajstić information content (AvgIpc) is 3.66. The van der Waals surface area contributed by atoms with E-state index in [1.807, 2.05) is 70.4 Å². The van der Waals surface area contributed by atoms with Gasteiger partial charge in [-0.15, -0.1) is 0 Å². The second-order valence-corrected chi connectivity index (χ2v) is 14.0. The lowest BCUT2D eigenvalue weighted by Crippen LogP contribution is -2.33. The summed E-state index contributed by atoms with van der Waals surface area (Å²) in [5, 5.41) is 18.3. The summed E-state index contributed by atoms with van der Waals surface area (Å²) < 4.78 is 2.96. The van der Waals surface area contributed by atoms with E-state index in [4.69, 9.17) is 0 Å². The van der Waals surface area contributed by atoms with Gasteiger partial charge in [-0.3, -0.25) is 14.8 Å². The summed E-state index contributed by atoms with van der Waals surface area (Å²) in [6.45, 7) is 6.61. The molecule has 2 aliphatic rings. The van der Waals surface area contributed by atoms with E-state index in [9.17, 15) is 14.7 Å². The minimum absolute atomic E-state index is 0.00138. The number of fused-ring (bicyclic) bond motifs is 2. The molecule has 0 spiro atoms. The van der Waals surface area contributed by atoms with Crippen molar-refractivity contribution in [2.24, 2.45) is 11.3 Å². The minimum atomic E-state index is -1.08. The number of hydrogen-bond acceptors (Lipinski definition) is 7. The van der Waals surface area contributed by atoms with Gasteiger partial charge < -0.3 is 10.0 Å². The van der Waals surface area contributed by atoms with Gasteiger partial charge in [-0.2, -0.15) is 5.10 Å². The van der Waals surface area contributed by atoms with Crippen LogP contribution in [0.4, 0.5) is 10.9 Å². The van der Waals surface area contributed by atoms with Crippen LogP contribution in [0.1, 0.15) is 71.5 Å². The van der Waals surface area contributed by atoms with Crippen molar-refractivity contribution < 1.29 is 14.7 Å². The molecule has 1 atom stereocenters. The smallest absolute Gasteiger partial charge is 0.355 e. The SMILES string of the molecule is CC1(C)CCCC(Cn2cc(-c3ccc(N4CCc5cccc(C(=O)Nc6nc7ccccc7s6)c5C4)nc3C(=O)O)cn2)C1. The second kappa shape index (κ2) is 11.7. The fourth-order valence-electron chi connectivity index (χ4n) is 6.98. The molecule has 230 valence electrons. The predicted molar refractivity (Wildman–Crippen MR) is 177 cm³/mol. The maximum absolute atomic E-state index is 13.4. The summed E-state index contributed by atoms with van der Waals surface area (Å²) in [6.07, 6.45) is 9.26. The number of pyridine rings is 1. The van der Waals surface area contributed by atoms with Crippen LogP contribution in [-0.2, 0) is 19.5 Å². The van der Waals surface area contributed by atoms with Gasteiger partial charge in [-0.05, 0) is 78.5 Å². The van der Waals surface area contributed by atoms with Crippen LogP contribution >= 0.6 is 11.3 Å². The van der Waals surface area contributed by atoms with Gasteiger partial charge in [0.15, 0.2) is 10.8 Å². The molecule has 1 unspecified atom stereocenters. The highest BCUT2D eigenvalue weighted by molar-refractivity contribution is 7.22. The Labute approximate surface area is 265 Å². The summed E-state index contributed by atoms with van der Waals surface area (Å²) in [5.74, 6) is -0.158. The molecule has 1 aliphatic heterocycles. The number of nitrogens with zero attached hydrogens (tertiary/aromatic N) is 5. The van der Waals surface area contributed by atoms with Crippen molar-refractivity contribution >= 4 is 44.4 Å². The van der Waals surface area contributed by atoms with E-state index in [0.29, 0.717) is 52.9 Å². The molecule has 45 heavy (non-hydrogen) atoms. The number of aromatic carboxylic acids is 1. The van der Waals surface area contributed by atoms with Gasteiger partial charge in [0.2, 0.25) is 0 Å². The highest BCUT2D eigenvalue weighted by Crippen LogP contribution is 2.39. The molecule has 10 heteroatoms. The van der Waals surface area contributed by atoms with E-state index < -0.39 is 5.97 Å². The zero-order chi connectivity index (χ0) is 31.1. The minimum Gasteiger partial charge on any atom is -0.476 e. The van der Waals surface area contributed by atoms with Crippen molar-refractivity contribution in [3.8, 4) is 11.1 Å². The number of carbonyl (C=O) groups is 2. The standard InChI is InChI=1S/C35H36N6O3S/c1-35(2)15-6-7-22(17-35)19-41-20-24(18-36-41)25-12-13-30(38-31(25)33(43)44)40-16-14-23-8-5-9-26(27(23)21-40)32(42)39-34-37-28-10-3-4-11-29(28)45-34/h3-5,8-13,18,20,22H,6-7,14-17,19,21H2,1-2H3,(H,43,44)(H,37,39,42). The van der Waals surface area contributed by atoms with E-state index in [1.54, 1.807) is 6.20 Å². The third kappa shape index (κ3) is 6.07. The zero-order valence-corrected chi connectivity index (χ0v) is 26.3. The van der Waals surface area contributed by atoms with E-state index in [2.05, 4.69) is 34.2 Å². The van der Waals surface area contributed by atoms with Gasteiger partial charge in [0.1, 0.15) is 5.82 Å². The summed E-state index contributed by atoms with van der Waals surface area (Å²) in [5.41, 5.74) is 5.10. The lowest BCUT2D eigenvalue weighted by atomic mass is 9.72. The normalized spacial score (nSPS) is 17.6. The molecule has 1 amide bonds. The molecule has 1 fully saturated rings. The third-order valence-electron chi connectivity index (χ3n) is 9.14. The molecule has 2 N–H and O–H groups in total. The number of thiazole rings is 1. The fraction of sp³-hybridized carbons (Fsp3) is 0.343. The van der Waals surface area contributed by atoms with Crippen LogP contribution in [0.15, 0.2) is 67.0 Å². The maximum atomic E-state index is 13.4. The molecular formula is C35H36N6O3S. The number of amides is 1. The molecule has 0 bridgehead atoms. The number of benzene rings is 2. The number of carboxylic acids is 1. The molecule has 2 aromatic carbocycles. The molecule has 0 radical (unpaired) electrons. The van der Waals surface area contributed by atoms with Crippen molar-refractivity contribution in [2.45, 2.75) is 59.0 Å². The van der Waals surface area contributed by atoms with Crippen LogP contribution in [0.2, 0.25) is 0 Å². The first kappa shape index (κ1) is 29.2. The fourth-order valence-corrected chi connectivity index (χ4v) is 7.84. The lowest BCUT2D eigenvalue weighted by molar-refractivity contribution is 0.0691. The Morgan fingerprint density at radius 2 is 1.96 bits per heavy atom. The van der Waals surface area contributed by atoms with Crippen molar-refractivity contribution in [1.82, 2.24) is 19.7 Å². The number of rotatable bonds is 7. The summed E-state index contributed by atoms with van der Waals surface area (Å²) in [6, 6.07) is 17.3. The molecule has 5 aromatic rings. The van der Waals surface area contributed by atoms with Gasteiger partial charge in [0, 0.05) is 42.5 Å². The first-order valence-corrected chi connectivity index (χ1v) is 16.3. The van der Waals surface area contributed by atoms with Crippen molar-refractivity contribution in [3.05, 3.63) is 89.4 Å². The molecule has 4 heterocycles. The molecule has 0 saturated heterocycles. The first-order valence-electron chi connectivity index (χ1n) is 15.5. The van der Waals surface area contributed by atoms with E-state index >= 15 is 0 Å². The molecule has 3 aromatic heterocycles. The predicted octanol–water partition coefficient (Wildman–Crippen LogP) is 7.28. The van der Waals surface area contributed by atoms with Crippen LogP contribution in [0.5, 0.6) is 0 Å². The monoisotopic (exact) mass is 620 g/mol. The number of nitrogens with one attached hydrogen (secondary N) is 1. The van der Waals surface area contributed by atoms with E-state index in [1.165, 1.54) is 37.0 Å². The van der Waals surface area contributed by atoms with Gasteiger partial charge in [0.25, 0.3) is 5.91 Å². The van der Waals surface area contributed by atoms with Gasteiger partial charge >= 0.3 is 5.97 Å².